The number of pyridine rings is 1. The summed E-state index contributed by atoms with van der Waals surface area (Å²) in [7, 11) is 0. The third-order valence-corrected chi connectivity index (χ3v) is 3.37. The zero-order valence-electron chi connectivity index (χ0n) is 10.7. The molecule has 0 fully saturated rings. The molecule has 0 amide bonds. The van der Waals surface area contributed by atoms with E-state index in [0.717, 1.165) is 5.69 Å². The average molecular weight is 251 g/mol. The Hall–Kier alpha value is -1.16. The molecule has 3 nitrogen and oxygen atoms in total. The first kappa shape index (κ1) is 13.9. The molecule has 1 aromatic rings. The van der Waals surface area contributed by atoms with Crippen molar-refractivity contribution >= 4 is 22.9 Å². The fourth-order valence-electron chi connectivity index (χ4n) is 2.03. The Morgan fingerprint density at radius 1 is 1.47 bits per heavy atom. The molecule has 0 aromatic carbocycles. The van der Waals surface area contributed by atoms with Crippen molar-refractivity contribution in [2.24, 2.45) is 11.7 Å². The topological polar surface area (TPSA) is 50.9 Å². The Morgan fingerprint density at radius 3 is 2.65 bits per heavy atom. The van der Waals surface area contributed by atoms with Crippen molar-refractivity contribution in [1.29, 1.82) is 0 Å². The quantitative estimate of drug-likeness (QED) is 0.763. The summed E-state index contributed by atoms with van der Waals surface area (Å²) in [4.78, 5) is 4.46. The van der Waals surface area contributed by atoms with Gasteiger partial charge in [0.1, 0.15) is 4.99 Å². The number of nitrogens with two attached hydrogens (primary N) is 1. The maximum Gasteiger partial charge on any atom is 0.122 e. The van der Waals surface area contributed by atoms with E-state index in [1.165, 1.54) is 12.8 Å². The molecule has 0 saturated heterocycles. The summed E-state index contributed by atoms with van der Waals surface area (Å²) < 4.78 is 0. The highest BCUT2D eigenvalue weighted by Crippen LogP contribution is 2.18. The summed E-state index contributed by atoms with van der Waals surface area (Å²) in [5, 5.41) is 3.48. The lowest BCUT2D eigenvalue weighted by Gasteiger charge is -2.23. The van der Waals surface area contributed by atoms with E-state index in [-0.39, 0.29) is 0 Å². The van der Waals surface area contributed by atoms with Crippen molar-refractivity contribution in [2.75, 3.05) is 5.32 Å². The van der Waals surface area contributed by atoms with Gasteiger partial charge in [0.2, 0.25) is 0 Å². The molecule has 0 aliphatic carbocycles. The van der Waals surface area contributed by atoms with Crippen molar-refractivity contribution in [3.8, 4) is 0 Å². The summed E-state index contributed by atoms with van der Waals surface area (Å²) in [6.45, 7) is 6.65. The fourth-order valence-corrected chi connectivity index (χ4v) is 2.14. The first-order valence-electron chi connectivity index (χ1n) is 6.10. The predicted molar refractivity (Wildman–Crippen MR) is 77.3 cm³/mol. The van der Waals surface area contributed by atoms with Crippen LogP contribution in [0.15, 0.2) is 18.3 Å². The monoisotopic (exact) mass is 251 g/mol. The van der Waals surface area contributed by atoms with E-state index < -0.39 is 0 Å². The van der Waals surface area contributed by atoms with Gasteiger partial charge in [0.25, 0.3) is 0 Å². The van der Waals surface area contributed by atoms with Gasteiger partial charge in [-0.05, 0) is 25.0 Å². The van der Waals surface area contributed by atoms with Gasteiger partial charge in [-0.25, -0.2) is 0 Å². The molecule has 0 saturated carbocycles. The van der Waals surface area contributed by atoms with Crippen LogP contribution in [-0.4, -0.2) is 16.0 Å². The van der Waals surface area contributed by atoms with E-state index >= 15 is 0 Å². The standard InChI is InChI=1S/C13H21N3S/c1-4-10(5-2)9(3)16-11-6-7-15-12(8-11)13(14)17/h6-10H,4-5H2,1-3H3,(H2,14,17)(H,15,16). The van der Waals surface area contributed by atoms with Gasteiger partial charge in [0.05, 0.1) is 5.69 Å². The van der Waals surface area contributed by atoms with Crippen LogP contribution < -0.4 is 11.1 Å². The maximum absolute atomic E-state index is 5.57. The van der Waals surface area contributed by atoms with Crippen molar-refractivity contribution in [1.82, 2.24) is 4.98 Å². The first-order chi connectivity index (χ1) is 8.08. The number of anilines is 1. The van der Waals surface area contributed by atoms with Gasteiger partial charge in [-0.1, -0.05) is 38.9 Å². The molecule has 1 aromatic heterocycles. The Bertz CT molecular complexity index is 375. The van der Waals surface area contributed by atoms with E-state index in [2.05, 4.69) is 31.1 Å². The molecule has 3 N–H and O–H groups in total. The zero-order chi connectivity index (χ0) is 12.8. The van der Waals surface area contributed by atoms with Gasteiger partial charge in [-0.2, -0.15) is 0 Å². The summed E-state index contributed by atoms with van der Waals surface area (Å²) in [6, 6.07) is 4.29. The SMILES string of the molecule is CCC(CC)C(C)Nc1ccnc(C(N)=S)c1. The molecule has 0 spiro atoms. The molecule has 94 valence electrons. The van der Waals surface area contributed by atoms with Gasteiger partial charge in [-0.3, -0.25) is 4.98 Å². The highest BCUT2D eigenvalue weighted by atomic mass is 32.1. The molecule has 0 radical (unpaired) electrons. The number of rotatable bonds is 6. The maximum atomic E-state index is 5.57. The van der Waals surface area contributed by atoms with Crippen LogP contribution in [0.5, 0.6) is 0 Å². The van der Waals surface area contributed by atoms with Crippen molar-refractivity contribution in [2.45, 2.75) is 39.7 Å². The van der Waals surface area contributed by atoms with Crippen molar-refractivity contribution in [3.63, 3.8) is 0 Å². The Balaban J connectivity index is 2.74. The number of aromatic nitrogens is 1. The second-order valence-electron chi connectivity index (χ2n) is 4.30. The minimum absolute atomic E-state index is 0.337. The van der Waals surface area contributed by atoms with Crippen LogP contribution in [0.2, 0.25) is 0 Å². The van der Waals surface area contributed by atoms with Crippen LogP contribution in [0, 0.1) is 5.92 Å². The molecule has 0 aliphatic heterocycles. The molecule has 1 unspecified atom stereocenters. The Labute approximate surface area is 109 Å². The van der Waals surface area contributed by atoms with Crippen LogP contribution in [0.25, 0.3) is 0 Å². The van der Waals surface area contributed by atoms with Crippen LogP contribution in [-0.2, 0) is 0 Å². The molecule has 17 heavy (non-hydrogen) atoms. The van der Waals surface area contributed by atoms with Crippen molar-refractivity contribution < 1.29 is 0 Å². The third kappa shape index (κ3) is 3.97. The second kappa shape index (κ2) is 6.55. The van der Waals surface area contributed by atoms with Crippen LogP contribution in [0.4, 0.5) is 5.69 Å². The molecule has 1 heterocycles. The summed E-state index contributed by atoms with van der Waals surface area (Å²) in [5.41, 5.74) is 7.26. The Morgan fingerprint density at radius 2 is 2.12 bits per heavy atom. The molecular formula is C13H21N3S. The molecule has 1 atom stereocenters. The minimum atomic E-state index is 0.337. The molecule has 1 rings (SSSR count). The summed E-state index contributed by atoms with van der Waals surface area (Å²) >= 11 is 4.92. The number of hydrogen-bond donors (Lipinski definition) is 2. The zero-order valence-corrected chi connectivity index (χ0v) is 11.6. The highest BCUT2D eigenvalue weighted by molar-refractivity contribution is 7.80. The minimum Gasteiger partial charge on any atom is -0.388 e. The fraction of sp³-hybridized carbons (Fsp3) is 0.538. The van der Waals surface area contributed by atoms with E-state index in [4.69, 9.17) is 18.0 Å². The van der Waals surface area contributed by atoms with E-state index in [1.807, 2.05) is 12.1 Å². The highest BCUT2D eigenvalue weighted by Gasteiger charge is 2.13. The van der Waals surface area contributed by atoms with Gasteiger partial charge in [0.15, 0.2) is 0 Å². The average Bonchev–Trinajstić information content (AvgIpc) is 2.30. The third-order valence-electron chi connectivity index (χ3n) is 3.16. The van der Waals surface area contributed by atoms with Gasteiger partial charge in [0, 0.05) is 17.9 Å². The van der Waals surface area contributed by atoms with Crippen LogP contribution in [0.3, 0.4) is 0 Å². The number of hydrogen-bond acceptors (Lipinski definition) is 3. The normalized spacial score (nSPS) is 12.5. The molecule has 0 aliphatic rings. The lowest BCUT2D eigenvalue weighted by atomic mass is 9.95. The van der Waals surface area contributed by atoms with E-state index in [9.17, 15) is 0 Å². The van der Waals surface area contributed by atoms with Gasteiger partial charge < -0.3 is 11.1 Å². The van der Waals surface area contributed by atoms with E-state index in [0.29, 0.717) is 22.6 Å². The number of nitrogens with zero attached hydrogens (tertiary/aromatic N) is 1. The summed E-state index contributed by atoms with van der Waals surface area (Å²) in [5.74, 6) is 0.677. The largest absolute Gasteiger partial charge is 0.388 e. The molecular weight excluding hydrogens is 230 g/mol. The molecule has 0 bridgehead atoms. The Kier molecular flexibility index (Phi) is 5.35. The lowest BCUT2D eigenvalue weighted by molar-refractivity contribution is 0.438. The smallest absolute Gasteiger partial charge is 0.122 e. The molecule has 4 heteroatoms. The summed E-state index contributed by atoms with van der Waals surface area (Å²) in [6.07, 6.45) is 4.09. The van der Waals surface area contributed by atoms with Crippen LogP contribution >= 0.6 is 12.2 Å². The van der Waals surface area contributed by atoms with E-state index in [1.54, 1.807) is 6.20 Å². The first-order valence-corrected chi connectivity index (χ1v) is 6.51. The van der Waals surface area contributed by atoms with Gasteiger partial charge >= 0.3 is 0 Å². The van der Waals surface area contributed by atoms with Crippen LogP contribution in [0.1, 0.15) is 39.3 Å². The second-order valence-corrected chi connectivity index (χ2v) is 4.74. The lowest BCUT2D eigenvalue weighted by Crippen LogP contribution is -2.25. The number of thiocarbonyl (C=S) groups is 1. The predicted octanol–water partition coefficient (Wildman–Crippen LogP) is 2.95. The number of nitrogens with one attached hydrogen (secondary N) is 1. The van der Waals surface area contributed by atoms with Crippen molar-refractivity contribution in [3.05, 3.63) is 24.0 Å². The van der Waals surface area contributed by atoms with Gasteiger partial charge in [-0.15, -0.1) is 0 Å².